The Balaban J connectivity index is 1.78. The minimum absolute atomic E-state index is 0.817. The van der Waals surface area contributed by atoms with Gasteiger partial charge in [-0.3, -0.25) is 9.97 Å². The number of aromatic nitrogens is 4. The summed E-state index contributed by atoms with van der Waals surface area (Å²) in [6.45, 7) is 0. The van der Waals surface area contributed by atoms with Gasteiger partial charge in [0.25, 0.3) is 0 Å². The van der Waals surface area contributed by atoms with Crippen molar-refractivity contribution in [3.05, 3.63) is 42.4 Å². The monoisotopic (exact) mass is 608 g/mol. The molecule has 10 heteroatoms. The van der Waals surface area contributed by atoms with Crippen LogP contribution in [0.2, 0.25) is 0 Å². The minimum Gasteiger partial charge on any atom is -0.251 e. The Labute approximate surface area is 178 Å². The highest BCUT2D eigenvalue weighted by Crippen LogP contribution is 2.39. The van der Waals surface area contributed by atoms with Crippen LogP contribution in [0.15, 0.2) is 42.4 Å². The van der Waals surface area contributed by atoms with Crippen molar-refractivity contribution in [2.24, 2.45) is 0 Å². The number of hydrogen-bond donors (Lipinski definition) is 0. The van der Waals surface area contributed by atoms with E-state index in [1.165, 1.54) is 22.7 Å². The summed E-state index contributed by atoms with van der Waals surface area (Å²) in [7, 11) is 0. The van der Waals surface area contributed by atoms with E-state index in [0.717, 1.165) is 49.0 Å². The third-order valence-corrected chi connectivity index (χ3v) is 7.11. The molecule has 4 nitrogen and oxygen atoms in total. The van der Waals surface area contributed by atoms with Crippen molar-refractivity contribution in [1.82, 2.24) is 19.9 Å². The number of pyridine rings is 2. The molecule has 4 aromatic rings. The molecule has 0 aromatic carbocycles. The van der Waals surface area contributed by atoms with Crippen LogP contribution in [0.25, 0.3) is 31.1 Å². The lowest BCUT2D eigenvalue weighted by molar-refractivity contribution is 1.28. The van der Waals surface area contributed by atoms with Crippen LogP contribution in [0.4, 0.5) is 0 Å². The molecule has 0 aliphatic carbocycles. The molecule has 4 heterocycles. The topological polar surface area (TPSA) is 51.6 Å². The molecule has 120 valence electrons. The highest BCUT2D eigenvalue weighted by molar-refractivity contribution is 9.11. The number of fused-ring (bicyclic) bond motifs is 1. The number of rotatable bonds is 2. The first kappa shape index (κ1) is 17.2. The summed E-state index contributed by atoms with van der Waals surface area (Å²) in [5.74, 6) is 0. The predicted octanol–water partition coefficient (Wildman–Crippen LogP) is 6.93. The molecular weight excluding hydrogens is 608 g/mol. The largest absolute Gasteiger partial charge is 0.251 e. The van der Waals surface area contributed by atoms with Gasteiger partial charge in [0.05, 0.1) is 0 Å². The lowest BCUT2D eigenvalue weighted by Crippen LogP contribution is -1.85. The van der Waals surface area contributed by atoms with Gasteiger partial charge in [0.2, 0.25) is 0 Å². The first-order valence-electron chi connectivity index (χ1n) is 6.41. The molecular formula is C14H4Br4N4S2. The summed E-state index contributed by atoms with van der Waals surface area (Å²) < 4.78 is 3.64. The number of hydrogen-bond acceptors (Lipinski definition) is 6. The van der Waals surface area contributed by atoms with Crippen molar-refractivity contribution in [2.45, 2.75) is 0 Å². The summed E-state index contributed by atoms with van der Waals surface area (Å²) in [6.07, 6.45) is 3.52. The van der Waals surface area contributed by atoms with E-state index in [1.807, 2.05) is 12.1 Å². The van der Waals surface area contributed by atoms with E-state index in [2.05, 4.69) is 83.7 Å². The van der Waals surface area contributed by atoms with Crippen LogP contribution in [0, 0.1) is 0 Å². The quantitative estimate of drug-likeness (QED) is 0.247. The van der Waals surface area contributed by atoms with Crippen molar-refractivity contribution in [1.29, 1.82) is 0 Å². The maximum Gasteiger partial charge on any atom is 0.156 e. The Morgan fingerprint density at radius 3 is 1.46 bits per heavy atom. The molecule has 0 unspecified atom stereocenters. The average Bonchev–Trinajstić information content (AvgIpc) is 3.05. The van der Waals surface area contributed by atoms with Gasteiger partial charge >= 0.3 is 0 Å². The highest BCUT2D eigenvalue weighted by Gasteiger charge is 2.17. The van der Waals surface area contributed by atoms with Crippen LogP contribution in [0.5, 0.6) is 0 Å². The van der Waals surface area contributed by atoms with Crippen molar-refractivity contribution in [2.75, 3.05) is 0 Å². The average molecular weight is 612 g/mol. The molecule has 0 bridgehead atoms. The fourth-order valence-electron chi connectivity index (χ4n) is 1.99. The van der Waals surface area contributed by atoms with Gasteiger partial charge in [0.15, 0.2) is 9.66 Å². The highest BCUT2D eigenvalue weighted by atomic mass is 79.9. The molecule has 4 aromatic heterocycles. The Hall–Kier alpha value is -0.260. The van der Waals surface area contributed by atoms with Gasteiger partial charge < -0.3 is 0 Å². The first-order valence-corrected chi connectivity index (χ1v) is 11.2. The molecule has 0 saturated carbocycles. The molecule has 4 rings (SSSR count). The maximum atomic E-state index is 4.68. The van der Waals surface area contributed by atoms with Crippen LogP contribution in [0.3, 0.4) is 0 Å². The SMILES string of the molecule is Brc1cnc(-c2nc3sc(-c4ncc(Br)cc4Br)nc3s2)c(Br)c1. The molecule has 0 amide bonds. The van der Waals surface area contributed by atoms with Crippen molar-refractivity contribution in [3.63, 3.8) is 0 Å². The lowest BCUT2D eigenvalue weighted by atomic mass is 10.4. The fourth-order valence-corrected chi connectivity index (χ4v) is 6.67. The first-order chi connectivity index (χ1) is 11.5. The van der Waals surface area contributed by atoms with E-state index in [9.17, 15) is 0 Å². The van der Waals surface area contributed by atoms with Crippen molar-refractivity contribution in [3.8, 4) is 21.4 Å². The second-order valence-corrected chi connectivity index (χ2v) is 10.1. The summed E-state index contributed by atoms with van der Waals surface area (Å²) >= 11 is 16.9. The van der Waals surface area contributed by atoms with Crippen molar-refractivity contribution >= 4 is 96.1 Å². The summed E-state index contributed by atoms with van der Waals surface area (Å²) in [5.41, 5.74) is 1.63. The number of nitrogens with zero attached hydrogens (tertiary/aromatic N) is 4. The van der Waals surface area contributed by atoms with Gasteiger partial charge in [0, 0.05) is 30.3 Å². The Morgan fingerprint density at radius 2 is 1.08 bits per heavy atom. The van der Waals surface area contributed by atoms with Crippen LogP contribution in [-0.2, 0) is 0 Å². The molecule has 0 saturated heterocycles. The van der Waals surface area contributed by atoms with Gasteiger partial charge in [-0.15, -0.1) is 0 Å². The van der Waals surface area contributed by atoms with Gasteiger partial charge in [-0.25, -0.2) is 9.97 Å². The molecule has 0 spiro atoms. The summed E-state index contributed by atoms with van der Waals surface area (Å²) in [5, 5.41) is 1.69. The Bertz CT molecular complexity index is 964. The van der Waals surface area contributed by atoms with Crippen LogP contribution < -0.4 is 0 Å². The standard InChI is InChI=1S/C14H4Br4N4S2/c15-5-1-7(17)9(19-3-5)11-21-13-14(23-11)22-12(24-13)10-8(18)2-6(16)4-20-10/h1-4H. The smallest absolute Gasteiger partial charge is 0.156 e. The van der Waals surface area contributed by atoms with Crippen LogP contribution >= 0.6 is 86.4 Å². The van der Waals surface area contributed by atoms with Gasteiger partial charge in [-0.1, -0.05) is 22.7 Å². The predicted molar refractivity (Wildman–Crippen MR) is 113 cm³/mol. The van der Waals surface area contributed by atoms with E-state index in [1.54, 1.807) is 12.4 Å². The number of halogens is 4. The van der Waals surface area contributed by atoms with E-state index in [4.69, 9.17) is 0 Å². The van der Waals surface area contributed by atoms with Crippen LogP contribution in [0.1, 0.15) is 0 Å². The molecule has 0 aliphatic heterocycles. The second kappa shape index (κ2) is 6.81. The van der Waals surface area contributed by atoms with Gasteiger partial charge in [0.1, 0.15) is 21.4 Å². The summed E-state index contributed by atoms with van der Waals surface area (Å²) in [4.78, 5) is 20.0. The van der Waals surface area contributed by atoms with Gasteiger partial charge in [-0.2, -0.15) is 0 Å². The molecule has 0 radical (unpaired) electrons. The second-order valence-electron chi connectivity index (χ2n) is 4.62. The van der Waals surface area contributed by atoms with E-state index in [-0.39, 0.29) is 0 Å². The molecule has 0 N–H and O–H groups in total. The third-order valence-electron chi connectivity index (χ3n) is 3.00. The Kier molecular flexibility index (Phi) is 4.87. The van der Waals surface area contributed by atoms with E-state index >= 15 is 0 Å². The molecule has 0 atom stereocenters. The van der Waals surface area contributed by atoms with E-state index < -0.39 is 0 Å². The molecule has 0 aliphatic rings. The lowest BCUT2D eigenvalue weighted by Gasteiger charge is -2.00. The normalized spacial score (nSPS) is 11.3. The zero-order chi connectivity index (χ0) is 16.8. The minimum atomic E-state index is 0.817. The fraction of sp³-hybridized carbons (Fsp3) is 0. The Morgan fingerprint density at radius 1 is 0.667 bits per heavy atom. The van der Waals surface area contributed by atoms with Gasteiger partial charge in [-0.05, 0) is 75.9 Å². The van der Waals surface area contributed by atoms with E-state index in [0.29, 0.717) is 0 Å². The third kappa shape index (κ3) is 3.24. The van der Waals surface area contributed by atoms with Crippen LogP contribution in [-0.4, -0.2) is 19.9 Å². The van der Waals surface area contributed by atoms with Crippen molar-refractivity contribution < 1.29 is 0 Å². The zero-order valence-electron chi connectivity index (χ0n) is 11.4. The molecule has 0 fully saturated rings. The maximum absolute atomic E-state index is 4.68. The summed E-state index contributed by atoms with van der Waals surface area (Å²) in [6, 6.07) is 3.92. The number of thiazole rings is 2. The zero-order valence-corrected chi connectivity index (χ0v) is 19.4. The molecule has 24 heavy (non-hydrogen) atoms.